The standard InChI is InChI=1S/C27H31N3O2/c1-29(2)26(31)27(13-15-30(20-27)19-21-8-6-11-24(16-21)32-3)17-22-9-4-5-12-25(22)23-10-7-14-28-18-23/h4-12,14,16,18H,13,15,17,19-20H2,1-3H3. The van der Waals surface area contributed by atoms with Crippen molar-refractivity contribution in [3.63, 3.8) is 0 Å². The molecular formula is C27H31N3O2. The minimum atomic E-state index is -0.444. The number of methoxy groups -OCH3 is 1. The first-order valence-corrected chi connectivity index (χ1v) is 11.1. The van der Waals surface area contributed by atoms with Crippen LogP contribution in [0.1, 0.15) is 17.5 Å². The number of rotatable bonds is 7. The Labute approximate surface area is 190 Å². The normalized spacial score (nSPS) is 18.5. The van der Waals surface area contributed by atoms with Crippen LogP contribution in [0.25, 0.3) is 11.1 Å². The molecule has 1 atom stereocenters. The average molecular weight is 430 g/mol. The highest BCUT2D eigenvalue weighted by Gasteiger charge is 2.45. The molecule has 1 unspecified atom stereocenters. The van der Waals surface area contributed by atoms with Gasteiger partial charge in [-0.2, -0.15) is 0 Å². The number of carbonyl (C=O) groups excluding carboxylic acids is 1. The molecular weight excluding hydrogens is 398 g/mol. The predicted octanol–water partition coefficient (Wildman–Crippen LogP) is 4.28. The summed E-state index contributed by atoms with van der Waals surface area (Å²) in [6, 6.07) is 20.6. The van der Waals surface area contributed by atoms with Gasteiger partial charge in [-0.3, -0.25) is 14.7 Å². The highest BCUT2D eigenvalue weighted by Crippen LogP contribution is 2.39. The zero-order valence-electron chi connectivity index (χ0n) is 19.1. The maximum atomic E-state index is 13.5. The second-order valence-corrected chi connectivity index (χ2v) is 8.87. The largest absolute Gasteiger partial charge is 0.497 e. The van der Waals surface area contributed by atoms with Crippen LogP contribution in [0, 0.1) is 5.41 Å². The van der Waals surface area contributed by atoms with Crippen molar-refractivity contribution in [2.24, 2.45) is 5.41 Å². The van der Waals surface area contributed by atoms with E-state index in [0.29, 0.717) is 6.42 Å². The first-order valence-electron chi connectivity index (χ1n) is 11.1. The van der Waals surface area contributed by atoms with Crippen molar-refractivity contribution in [3.05, 3.63) is 84.2 Å². The summed E-state index contributed by atoms with van der Waals surface area (Å²) in [5.74, 6) is 1.06. The Kier molecular flexibility index (Phi) is 6.56. The molecule has 0 spiro atoms. The van der Waals surface area contributed by atoms with Gasteiger partial charge < -0.3 is 9.64 Å². The van der Waals surface area contributed by atoms with Gasteiger partial charge in [0.05, 0.1) is 12.5 Å². The summed E-state index contributed by atoms with van der Waals surface area (Å²) >= 11 is 0. The summed E-state index contributed by atoms with van der Waals surface area (Å²) < 4.78 is 5.38. The number of likely N-dealkylation sites (tertiary alicyclic amines) is 1. The highest BCUT2D eigenvalue weighted by atomic mass is 16.5. The summed E-state index contributed by atoms with van der Waals surface area (Å²) in [6.45, 7) is 2.44. The van der Waals surface area contributed by atoms with Crippen molar-refractivity contribution < 1.29 is 9.53 Å². The van der Waals surface area contributed by atoms with Crippen LogP contribution in [-0.2, 0) is 17.8 Å². The molecule has 0 saturated carbocycles. The van der Waals surface area contributed by atoms with Gasteiger partial charge in [-0.25, -0.2) is 0 Å². The fourth-order valence-electron chi connectivity index (χ4n) is 4.83. The second kappa shape index (κ2) is 9.53. The van der Waals surface area contributed by atoms with Gasteiger partial charge in [0.25, 0.3) is 0 Å². The number of pyridine rings is 1. The Balaban J connectivity index is 1.61. The van der Waals surface area contributed by atoms with Gasteiger partial charge in [-0.05, 0) is 54.3 Å². The Morgan fingerprint density at radius 1 is 1.12 bits per heavy atom. The van der Waals surface area contributed by atoms with Crippen LogP contribution in [0.15, 0.2) is 73.1 Å². The maximum absolute atomic E-state index is 13.5. The number of benzene rings is 2. The van der Waals surface area contributed by atoms with Crippen LogP contribution in [-0.4, -0.2) is 55.0 Å². The van der Waals surface area contributed by atoms with E-state index in [9.17, 15) is 4.79 Å². The minimum Gasteiger partial charge on any atom is -0.497 e. The zero-order valence-corrected chi connectivity index (χ0v) is 19.1. The quantitative estimate of drug-likeness (QED) is 0.562. The van der Waals surface area contributed by atoms with Gasteiger partial charge in [0, 0.05) is 45.1 Å². The van der Waals surface area contributed by atoms with E-state index >= 15 is 0 Å². The van der Waals surface area contributed by atoms with Gasteiger partial charge in [0.1, 0.15) is 5.75 Å². The predicted molar refractivity (Wildman–Crippen MR) is 127 cm³/mol. The molecule has 2 heterocycles. The van der Waals surface area contributed by atoms with Gasteiger partial charge in [-0.1, -0.05) is 42.5 Å². The fourth-order valence-corrected chi connectivity index (χ4v) is 4.83. The highest BCUT2D eigenvalue weighted by molar-refractivity contribution is 5.84. The molecule has 0 radical (unpaired) electrons. The van der Waals surface area contributed by atoms with Crippen LogP contribution < -0.4 is 4.74 Å². The van der Waals surface area contributed by atoms with Gasteiger partial charge in [0.15, 0.2) is 0 Å². The summed E-state index contributed by atoms with van der Waals surface area (Å²) in [4.78, 5) is 21.9. The molecule has 1 fully saturated rings. The van der Waals surface area contributed by atoms with Crippen molar-refractivity contribution in [1.82, 2.24) is 14.8 Å². The lowest BCUT2D eigenvalue weighted by Gasteiger charge is -2.32. The second-order valence-electron chi connectivity index (χ2n) is 8.87. The molecule has 4 rings (SSSR count). The van der Waals surface area contributed by atoms with E-state index in [-0.39, 0.29) is 5.91 Å². The van der Waals surface area contributed by atoms with E-state index in [1.807, 2.05) is 38.5 Å². The molecule has 0 N–H and O–H groups in total. The molecule has 1 amide bonds. The van der Waals surface area contributed by atoms with E-state index in [1.165, 1.54) is 11.1 Å². The monoisotopic (exact) mass is 429 g/mol. The van der Waals surface area contributed by atoms with Crippen LogP contribution in [0.4, 0.5) is 0 Å². The molecule has 1 aliphatic rings. The third-order valence-electron chi connectivity index (χ3n) is 6.35. The summed E-state index contributed by atoms with van der Waals surface area (Å²) in [7, 11) is 5.42. The van der Waals surface area contributed by atoms with E-state index in [4.69, 9.17) is 4.74 Å². The minimum absolute atomic E-state index is 0.201. The third-order valence-corrected chi connectivity index (χ3v) is 6.35. The molecule has 0 bridgehead atoms. The lowest BCUT2D eigenvalue weighted by atomic mass is 9.78. The first kappa shape index (κ1) is 22.0. The van der Waals surface area contributed by atoms with Gasteiger partial charge in [-0.15, -0.1) is 0 Å². The summed E-state index contributed by atoms with van der Waals surface area (Å²) in [5, 5.41) is 0. The molecule has 0 aliphatic carbocycles. The number of amides is 1. The van der Waals surface area contributed by atoms with Crippen molar-refractivity contribution in [2.75, 3.05) is 34.3 Å². The Morgan fingerprint density at radius 3 is 2.72 bits per heavy atom. The van der Waals surface area contributed by atoms with Crippen molar-refractivity contribution in [1.29, 1.82) is 0 Å². The van der Waals surface area contributed by atoms with E-state index < -0.39 is 5.41 Å². The number of hydrogen-bond acceptors (Lipinski definition) is 4. The van der Waals surface area contributed by atoms with Crippen LogP contribution >= 0.6 is 0 Å². The molecule has 1 aliphatic heterocycles. The third kappa shape index (κ3) is 4.68. The molecule has 2 aromatic carbocycles. The Hall–Kier alpha value is -3.18. The Morgan fingerprint density at radius 2 is 1.97 bits per heavy atom. The number of nitrogens with zero attached hydrogens (tertiary/aromatic N) is 3. The van der Waals surface area contributed by atoms with Crippen LogP contribution in [0.3, 0.4) is 0 Å². The SMILES string of the molecule is COc1cccc(CN2CCC(Cc3ccccc3-c3cccnc3)(C(=O)N(C)C)C2)c1. The van der Waals surface area contributed by atoms with Gasteiger partial charge >= 0.3 is 0 Å². The lowest BCUT2D eigenvalue weighted by Crippen LogP contribution is -2.44. The zero-order chi connectivity index (χ0) is 22.6. The maximum Gasteiger partial charge on any atom is 0.229 e. The molecule has 1 saturated heterocycles. The Bertz CT molecular complexity index is 1070. The molecule has 5 nitrogen and oxygen atoms in total. The molecule has 3 aromatic rings. The average Bonchev–Trinajstić information content (AvgIpc) is 3.22. The van der Waals surface area contributed by atoms with Crippen LogP contribution in [0.2, 0.25) is 0 Å². The van der Waals surface area contributed by atoms with E-state index in [2.05, 4.69) is 52.3 Å². The number of aromatic nitrogens is 1. The molecule has 1 aromatic heterocycles. The van der Waals surface area contributed by atoms with Crippen LogP contribution in [0.5, 0.6) is 5.75 Å². The van der Waals surface area contributed by atoms with Gasteiger partial charge in [0.2, 0.25) is 5.91 Å². The molecule has 5 heteroatoms. The fraction of sp³-hybridized carbons (Fsp3) is 0.333. The number of hydrogen-bond donors (Lipinski definition) is 0. The number of ether oxygens (including phenoxy) is 1. The lowest BCUT2D eigenvalue weighted by molar-refractivity contribution is -0.138. The topological polar surface area (TPSA) is 45.7 Å². The summed E-state index contributed by atoms with van der Waals surface area (Å²) in [5.41, 5.74) is 4.19. The van der Waals surface area contributed by atoms with Crippen molar-refractivity contribution in [2.45, 2.75) is 19.4 Å². The molecule has 32 heavy (non-hydrogen) atoms. The number of carbonyl (C=O) groups is 1. The smallest absolute Gasteiger partial charge is 0.229 e. The van der Waals surface area contributed by atoms with Crippen molar-refractivity contribution >= 4 is 5.91 Å². The molecule has 166 valence electrons. The summed E-state index contributed by atoms with van der Waals surface area (Å²) in [6.07, 6.45) is 5.23. The van der Waals surface area contributed by atoms with E-state index in [1.54, 1.807) is 18.2 Å². The van der Waals surface area contributed by atoms with E-state index in [0.717, 1.165) is 42.9 Å². The van der Waals surface area contributed by atoms with Crippen molar-refractivity contribution in [3.8, 4) is 16.9 Å². The first-order chi connectivity index (χ1) is 15.5.